The third kappa shape index (κ3) is 3.27. The summed E-state index contributed by atoms with van der Waals surface area (Å²) in [5.41, 5.74) is 0.791. The lowest BCUT2D eigenvalue weighted by atomic mass is 9.78. The Kier molecular flexibility index (Phi) is 4.19. The first-order valence-electron chi connectivity index (χ1n) is 8.36. The molecule has 1 saturated heterocycles. The number of rotatable bonds is 3. The summed E-state index contributed by atoms with van der Waals surface area (Å²) < 4.78 is 5.33. The Morgan fingerprint density at radius 3 is 2.96 bits per heavy atom. The maximum atomic E-state index is 12.8. The maximum Gasteiger partial charge on any atom is 0.253 e. The average Bonchev–Trinajstić information content (AvgIpc) is 2.95. The van der Waals surface area contributed by atoms with Gasteiger partial charge in [-0.25, -0.2) is 0 Å². The highest BCUT2D eigenvalue weighted by molar-refractivity contribution is 5.97. The van der Waals surface area contributed by atoms with Crippen molar-refractivity contribution in [3.8, 4) is 0 Å². The fourth-order valence-electron chi connectivity index (χ4n) is 3.48. The van der Waals surface area contributed by atoms with Crippen molar-refractivity contribution in [2.45, 2.75) is 39.2 Å². The largest absolute Gasteiger partial charge is 0.464 e. The van der Waals surface area contributed by atoms with E-state index >= 15 is 0 Å². The second-order valence-electron chi connectivity index (χ2n) is 7.36. The van der Waals surface area contributed by atoms with Gasteiger partial charge in [0.05, 0.1) is 11.9 Å². The topological polar surface area (TPSA) is 53.7 Å². The number of fused-ring (bicyclic) bond motifs is 1. The van der Waals surface area contributed by atoms with Crippen LogP contribution in [0.3, 0.4) is 0 Å². The first-order chi connectivity index (χ1) is 10.9. The summed E-state index contributed by atoms with van der Waals surface area (Å²) in [6.45, 7) is 7.43. The standard InChI is InChI=1S/C19H25NO3/c1-13(2)10-16-12-20(8-7-19(16,3)22)18(21)15-4-5-17-14(11-15)6-9-23-17/h4-6,9,11,13,16,22H,7-8,10,12H2,1-3H3/t16-,19+/m0/s1. The zero-order chi connectivity index (χ0) is 16.6. The van der Waals surface area contributed by atoms with Gasteiger partial charge in [-0.3, -0.25) is 4.79 Å². The van der Waals surface area contributed by atoms with Crippen LogP contribution in [-0.2, 0) is 0 Å². The molecule has 2 atom stereocenters. The van der Waals surface area contributed by atoms with Crippen molar-refractivity contribution in [2.24, 2.45) is 11.8 Å². The van der Waals surface area contributed by atoms with Crippen LogP contribution in [0.1, 0.15) is 44.0 Å². The Labute approximate surface area is 137 Å². The number of hydrogen-bond acceptors (Lipinski definition) is 3. The van der Waals surface area contributed by atoms with Crippen molar-refractivity contribution in [1.29, 1.82) is 0 Å². The van der Waals surface area contributed by atoms with Crippen LogP contribution >= 0.6 is 0 Å². The fraction of sp³-hybridized carbons (Fsp3) is 0.526. The van der Waals surface area contributed by atoms with Gasteiger partial charge in [0.1, 0.15) is 5.58 Å². The van der Waals surface area contributed by atoms with Gasteiger partial charge in [0.15, 0.2) is 0 Å². The molecule has 1 aromatic carbocycles. The highest BCUT2D eigenvalue weighted by Gasteiger charge is 2.39. The highest BCUT2D eigenvalue weighted by Crippen LogP contribution is 2.33. The Balaban J connectivity index is 1.79. The molecule has 124 valence electrons. The molecule has 23 heavy (non-hydrogen) atoms. The zero-order valence-electron chi connectivity index (χ0n) is 14.1. The van der Waals surface area contributed by atoms with Crippen LogP contribution in [0.4, 0.5) is 0 Å². The van der Waals surface area contributed by atoms with E-state index in [9.17, 15) is 9.90 Å². The van der Waals surface area contributed by atoms with Crippen LogP contribution in [0.15, 0.2) is 34.9 Å². The Morgan fingerprint density at radius 1 is 1.43 bits per heavy atom. The summed E-state index contributed by atoms with van der Waals surface area (Å²) in [6, 6.07) is 7.41. The van der Waals surface area contributed by atoms with Gasteiger partial charge in [0, 0.05) is 30.0 Å². The first kappa shape index (κ1) is 16.1. The molecular weight excluding hydrogens is 290 g/mol. The molecule has 1 amide bonds. The van der Waals surface area contributed by atoms with Gasteiger partial charge in [-0.2, -0.15) is 0 Å². The van der Waals surface area contributed by atoms with Crippen molar-refractivity contribution in [3.63, 3.8) is 0 Å². The number of hydrogen-bond donors (Lipinski definition) is 1. The van der Waals surface area contributed by atoms with E-state index in [2.05, 4.69) is 13.8 Å². The number of benzene rings is 1. The number of amides is 1. The fourth-order valence-corrected chi connectivity index (χ4v) is 3.48. The Hall–Kier alpha value is -1.81. The summed E-state index contributed by atoms with van der Waals surface area (Å²) in [5.74, 6) is 0.666. The molecule has 2 heterocycles. The van der Waals surface area contributed by atoms with E-state index in [4.69, 9.17) is 4.42 Å². The maximum absolute atomic E-state index is 12.8. The summed E-state index contributed by atoms with van der Waals surface area (Å²) in [7, 11) is 0. The molecule has 3 rings (SSSR count). The van der Waals surface area contributed by atoms with Crippen LogP contribution in [0.5, 0.6) is 0 Å². The van der Waals surface area contributed by atoms with Gasteiger partial charge in [-0.15, -0.1) is 0 Å². The molecule has 4 nitrogen and oxygen atoms in total. The first-order valence-corrected chi connectivity index (χ1v) is 8.36. The number of nitrogens with zero attached hydrogens (tertiary/aromatic N) is 1. The summed E-state index contributed by atoms with van der Waals surface area (Å²) in [5, 5.41) is 11.6. The monoisotopic (exact) mass is 315 g/mol. The van der Waals surface area contributed by atoms with Crippen molar-refractivity contribution in [1.82, 2.24) is 4.90 Å². The van der Waals surface area contributed by atoms with Crippen LogP contribution in [0.2, 0.25) is 0 Å². The molecule has 4 heteroatoms. The summed E-state index contributed by atoms with van der Waals surface area (Å²) >= 11 is 0. The lowest BCUT2D eigenvalue weighted by molar-refractivity contribution is -0.0577. The van der Waals surface area contributed by atoms with Crippen LogP contribution in [-0.4, -0.2) is 34.6 Å². The second-order valence-corrected chi connectivity index (χ2v) is 7.36. The van der Waals surface area contributed by atoms with Gasteiger partial charge in [-0.05, 0) is 49.9 Å². The van der Waals surface area contributed by atoms with E-state index in [1.54, 1.807) is 6.26 Å². The highest BCUT2D eigenvalue weighted by atomic mass is 16.3. The number of piperidine rings is 1. The van der Waals surface area contributed by atoms with Crippen LogP contribution in [0, 0.1) is 11.8 Å². The van der Waals surface area contributed by atoms with E-state index < -0.39 is 5.60 Å². The van der Waals surface area contributed by atoms with Gasteiger partial charge < -0.3 is 14.4 Å². The quantitative estimate of drug-likeness (QED) is 0.940. The molecular formula is C19H25NO3. The Bertz CT molecular complexity index is 701. The minimum atomic E-state index is -0.685. The van der Waals surface area contributed by atoms with E-state index in [0.29, 0.717) is 31.0 Å². The average molecular weight is 315 g/mol. The lowest BCUT2D eigenvalue weighted by Gasteiger charge is -2.43. The molecule has 0 unspecified atom stereocenters. The van der Waals surface area contributed by atoms with Crippen molar-refractivity contribution in [2.75, 3.05) is 13.1 Å². The van der Waals surface area contributed by atoms with Crippen LogP contribution in [0.25, 0.3) is 11.0 Å². The van der Waals surface area contributed by atoms with Crippen molar-refractivity contribution in [3.05, 3.63) is 36.1 Å². The molecule has 0 radical (unpaired) electrons. The second kappa shape index (κ2) is 6.00. The van der Waals surface area contributed by atoms with Gasteiger partial charge in [-0.1, -0.05) is 13.8 Å². The molecule has 1 aliphatic heterocycles. The summed E-state index contributed by atoms with van der Waals surface area (Å²) in [4.78, 5) is 14.7. The van der Waals surface area contributed by atoms with Crippen molar-refractivity contribution >= 4 is 16.9 Å². The predicted molar refractivity (Wildman–Crippen MR) is 90.3 cm³/mol. The molecule has 1 aliphatic rings. The third-order valence-corrected chi connectivity index (χ3v) is 4.95. The lowest BCUT2D eigenvalue weighted by Crippen LogP contribution is -2.52. The summed E-state index contributed by atoms with van der Waals surface area (Å²) in [6.07, 6.45) is 3.19. The number of likely N-dealkylation sites (tertiary alicyclic amines) is 1. The number of aliphatic hydroxyl groups is 1. The molecule has 0 aliphatic carbocycles. The van der Waals surface area contributed by atoms with Gasteiger partial charge in [0.25, 0.3) is 5.91 Å². The van der Waals surface area contributed by atoms with E-state index in [-0.39, 0.29) is 11.8 Å². The van der Waals surface area contributed by atoms with E-state index in [0.717, 1.165) is 17.4 Å². The molecule has 0 bridgehead atoms. The minimum Gasteiger partial charge on any atom is -0.464 e. The normalized spacial score (nSPS) is 25.3. The molecule has 2 aromatic rings. The van der Waals surface area contributed by atoms with E-state index in [1.165, 1.54) is 0 Å². The van der Waals surface area contributed by atoms with E-state index in [1.807, 2.05) is 36.1 Å². The number of carbonyl (C=O) groups excluding carboxylic acids is 1. The smallest absolute Gasteiger partial charge is 0.253 e. The molecule has 1 fully saturated rings. The molecule has 1 N–H and O–H groups in total. The SMILES string of the molecule is CC(C)C[C@H]1CN(C(=O)c2ccc3occc3c2)CC[C@@]1(C)O. The van der Waals surface area contributed by atoms with Crippen molar-refractivity contribution < 1.29 is 14.3 Å². The molecule has 1 aromatic heterocycles. The zero-order valence-corrected chi connectivity index (χ0v) is 14.1. The van der Waals surface area contributed by atoms with Gasteiger partial charge in [0.2, 0.25) is 0 Å². The number of carbonyl (C=O) groups is 1. The predicted octanol–water partition coefficient (Wildman–Crippen LogP) is 3.69. The molecule has 0 spiro atoms. The number of furan rings is 1. The van der Waals surface area contributed by atoms with Gasteiger partial charge >= 0.3 is 0 Å². The minimum absolute atomic E-state index is 0.0392. The van der Waals surface area contributed by atoms with Crippen LogP contribution < -0.4 is 0 Å². The molecule has 0 saturated carbocycles. The third-order valence-electron chi connectivity index (χ3n) is 4.95. The Morgan fingerprint density at radius 2 is 2.22 bits per heavy atom.